The molecule has 0 bridgehead atoms. The molecule has 6 heteroatoms. The molecule has 1 aromatic rings. The van der Waals surface area contributed by atoms with Crippen LogP contribution in [0.5, 0.6) is 0 Å². The predicted molar refractivity (Wildman–Crippen MR) is 84.2 cm³/mol. The average molecular weight is 314 g/mol. The van der Waals surface area contributed by atoms with Gasteiger partial charge in [0.1, 0.15) is 5.60 Å². The largest absolute Gasteiger partial charge is 0.444 e. The number of likely N-dealkylation sites (tertiary alicyclic amines) is 1. The van der Waals surface area contributed by atoms with E-state index in [2.05, 4.69) is 4.98 Å². The van der Waals surface area contributed by atoms with Crippen LogP contribution in [0.2, 0.25) is 0 Å². The van der Waals surface area contributed by atoms with Gasteiger partial charge in [0.15, 0.2) is 0 Å². The van der Waals surface area contributed by atoms with Crippen LogP contribution in [0.3, 0.4) is 0 Å². The van der Waals surface area contributed by atoms with Crippen molar-refractivity contribution in [3.63, 3.8) is 0 Å². The lowest BCUT2D eigenvalue weighted by Gasteiger charge is -2.28. The zero-order valence-corrected chi connectivity index (χ0v) is 13.9. The fourth-order valence-electron chi connectivity index (χ4n) is 2.18. The lowest BCUT2D eigenvalue weighted by Crippen LogP contribution is -2.40. The van der Waals surface area contributed by atoms with E-state index in [0.717, 1.165) is 30.9 Å². The summed E-state index contributed by atoms with van der Waals surface area (Å²) in [7, 11) is 0. The standard InChI is InChI=1S/C14H22N2O2S2/c1-14(2,3)18-13(17)16-6-4-5-11(16)8-19-9-12-7-15-10-20-12/h7,10-11H,4-6,8-9H2,1-3H3/t11-/m1/s1. The Morgan fingerprint density at radius 2 is 2.40 bits per heavy atom. The predicted octanol–water partition coefficient (Wildman–Crippen LogP) is 3.78. The van der Waals surface area contributed by atoms with Crippen LogP contribution >= 0.6 is 23.1 Å². The van der Waals surface area contributed by atoms with Gasteiger partial charge in [-0.3, -0.25) is 4.98 Å². The minimum atomic E-state index is -0.417. The van der Waals surface area contributed by atoms with Gasteiger partial charge in [-0.05, 0) is 33.6 Å². The normalized spacial score (nSPS) is 19.4. The molecule has 1 saturated heterocycles. The van der Waals surface area contributed by atoms with E-state index in [-0.39, 0.29) is 6.09 Å². The van der Waals surface area contributed by atoms with Gasteiger partial charge in [-0.25, -0.2) is 4.79 Å². The second-order valence-corrected chi connectivity index (χ2v) is 7.95. The average Bonchev–Trinajstić information content (AvgIpc) is 2.97. The zero-order valence-electron chi connectivity index (χ0n) is 12.3. The molecule has 0 N–H and O–H groups in total. The van der Waals surface area contributed by atoms with E-state index in [1.54, 1.807) is 11.3 Å². The molecule has 1 aliphatic rings. The fraction of sp³-hybridized carbons (Fsp3) is 0.714. The molecule has 1 aliphatic heterocycles. The molecule has 1 amide bonds. The Bertz CT molecular complexity index is 429. The summed E-state index contributed by atoms with van der Waals surface area (Å²) in [5.74, 6) is 1.94. The van der Waals surface area contributed by atoms with Crippen molar-refractivity contribution in [2.75, 3.05) is 12.3 Å². The highest BCUT2D eigenvalue weighted by atomic mass is 32.2. The van der Waals surface area contributed by atoms with E-state index in [1.807, 2.05) is 49.1 Å². The van der Waals surface area contributed by atoms with Crippen LogP contribution in [-0.2, 0) is 10.5 Å². The molecular formula is C14H22N2O2S2. The topological polar surface area (TPSA) is 42.4 Å². The van der Waals surface area contributed by atoms with Crippen LogP contribution in [0.15, 0.2) is 11.7 Å². The van der Waals surface area contributed by atoms with Gasteiger partial charge < -0.3 is 9.64 Å². The third kappa shape index (κ3) is 4.66. The Kier molecular flexibility index (Phi) is 5.32. The lowest BCUT2D eigenvalue weighted by atomic mass is 10.2. The summed E-state index contributed by atoms with van der Waals surface area (Å²) < 4.78 is 5.47. The number of nitrogens with zero attached hydrogens (tertiary/aromatic N) is 2. The summed E-state index contributed by atoms with van der Waals surface area (Å²) in [5, 5.41) is 0. The maximum atomic E-state index is 12.1. The smallest absolute Gasteiger partial charge is 0.410 e. The number of rotatable bonds is 4. The summed E-state index contributed by atoms with van der Waals surface area (Å²) in [6.45, 7) is 6.55. The van der Waals surface area contributed by atoms with Crippen LogP contribution in [0.4, 0.5) is 4.79 Å². The molecule has 1 fully saturated rings. The number of carbonyl (C=O) groups is 1. The maximum absolute atomic E-state index is 12.1. The van der Waals surface area contributed by atoms with Gasteiger partial charge in [0, 0.05) is 35.2 Å². The number of aromatic nitrogens is 1. The number of carbonyl (C=O) groups excluding carboxylic acids is 1. The number of thiazole rings is 1. The van der Waals surface area contributed by atoms with Crippen LogP contribution in [0.25, 0.3) is 0 Å². The Labute approximate surface area is 128 Å². The summed E-state index contributed by atoms with van der Waals surface area (Å²) in [6, 6.07) is 0.308. The van der Waals surface area contributed by atoms with Gasteiger partial charge in [-0.15, -0.1) is 11.3 Å². The van der Waals surface area contributed by atoms with E-state index in [1.165, 1.54) is 4.88 Å². The van der Waals surface area contributed by atoms with Crippen molar-refractivity contribution in [3.8, 4) is 0 Å². The second-order valence-electron chi connectivity index (χ2n) is 5.95. The molecule has 1 aromatic heterocycles. The van der Waals surface area contributed by atoms with Crippen molar-refractivity contribution in [3.05, 3.63) is 16.6 Å². The van der Waals surface area contributed by atoms with Crippen molar-refractivity contribution in [1.82, 2.24) is 9.88 Å². The Balaban J connectivity index is 1.79. The van der Waals surface area contributed by atoms with Gasteiger partial charge in [0.05, 0.1) is 5.51 Å². The third-order valence-corrected chi connectivity index (χ3v) is 5.14. The lowest BCUT2D eigenvalue weighted by molar-refractivity contribution is 0.0242. The number of ether oxygens (including phenoxy) is 1. The highest BCUT2D eigenvalue weighted by Crippen LogP contribution is 2.25. The maximum Gasteiger partial charge on any atom is 0.410 e. The van der Waals surface area contributed by atoms with Crippen molar-refractivity contribution in [1.29, 1.82) is 0 Å². The van der Waals surface area contributed by atoms with Gasteiger partial charge in [0.2, 0.25) is 0 Å². The summed E-state index contributed by atoms with van der Waals surface area (Å²) in [5.41, 5.74) is 1.44. The van der Waals surface area contributed by atoms with Crippen LogP contribution < -0.4 is 0 Å². The van der Waals surface area contributed by atoms with Crippen LogP contribution in [0, 0.1) is 0 Å². The number of hydrogen-bond acceptors (Lipinski definition) is 5. The first-order chi connectivity index (χ1) is 9.46. The molecule has 4 nitrogen and oxygen atoms in total. The molecule has 20 heavy (non-hydrogen) atoms. The summed E-state index contributed by atoms with van der Waals surface area (Å²) in [6.07, 6.45) is 3.90. The van der Waals surface area contributed by atoms with Crippen LogP contribution in [0.1, 0.15) is 38.5 Å². The fourth-order valence-corrected chi connectivity index (χ4v) is 4.09. The van der Waals surface area contributed by atoms with Crippen molar-refractivity contribution in [2.24, 2.45) is 0 Å². The molecule has 0 radical (unpaired) electrons. The second kappa shape index (κ2) is 6.80. The van der Waals surface area contributed by atoms with Gasteiger partial charge in [-0.1, -0.05) is 0 Å². The molecule has 0 aliphatic carbocycles. The minimum Gasteiger partial charge on any atom is -0.444 e. The molecule has 0 unspecified atom stereocenters. The number of amides is 1. The van der Waals surface area contributed by atoms with Gasteiger partial charge in [0.25, 0.3) is 0 Å². The molecule has 2 rings (SSSR count). The monoisotopic (exact) mass is 314 g/mol. The molecule has 2 heterocycles. The zero-order chi connectivity index (χ0) is 14.6. The Hall–Kier alpha value is -0.750. The molecule has 0 aromatic carbocycles. The van der Waals surface area contributed by atoms with Crippen molar-refractivity contribution < 1.29 is 9.53 Å². The molecule has 112 valence electrons. The van der Waals surface area contributed by atoms with Crippen molar-refractivity contribution >= 4 is 29.2 Å². The first-order valence-corrected chi connectivity index (χ1v) is 8.94. The SMILES string of the molecule is CC(C)(C)OC(=O)N1CCC[C@@H]1CSCc1cncs1. The summed E-state index contributed by atoms with van der Waals surface area (Å²) in [4.78, 5) is 19.4. The molecule has 0 saturated carbocycles. The van der Waals surface area contributed by atoms with E-state index in [4.69, 9.17) is 4.74 Å². The quantitative estimate of drug-likeness (QED) is 0.848. The van der Waals surface area contributed by atoms with Gasteiger partial charge in [-0.2, -0.15) is 11.8 Å². The van der Waals surface area contributed by atoms with E-state index >= 15 is 0 Å². The minimum absolute atomic E-state index is 0.168. The van der Waals surface area contributed by atoms with Crippen LogP contribution in [-0.4, -0.2) is 39.9 Å². The third-order valence-electron chi connectivity index (χ3n) is 3.04. The summed E-state index contributed by atoms with van der Waals surface area (Å²) >= 11 is 3.55. The van der Waals surface area contributed by atoms with Gasteiger partial charge >= 0.3 is 6.09 Å². The molecule has 0 spiro atoms. The highest BCUT2D eigenvalue weighted by molar-refractivity contribution is 7.98. The van der Waals surface area contributed by atoms with E-state index in [0.29, 0.717) is 6.04 Å². The number of hydrogen-bond donors (Lipinski definition) is 0. The Morgan fingerprint density at radius 3 is 3.05 bits per heavy atom. The number of thioether (sulfide) groups is 1. The van der Waals surface area contributed by atoms with E-state index < -0.39 is 5.60 Å². The highest BCUT2D eigenvalue weighted by Gasteiger charge is 2.31. The van der Waals surface area contributed by atoms with Crippen molar-refractivity contribution in [2.45, 2.75) is 51.0 Å². The first-order valence-electron chi connectivity index (χ1n) is 6.90. The molecule has 1 atom stereocenters. The molecular weight excluding hydrogens is 292 g/mol. The Morgan fingerprint density at radius 1 is 1.60 bits per heavy atom. The first kappa shape index (κ1) is 15.6. The van der Waals surface area contributed by atoms with E-state index in [9.17, 15) is 4.79 Å².